The summed E-state index contributed by atoms with van der Waals surface area (Å²) in [6, 6.07) is 14.1. The van der Waals surface area contributed by atoms with E-state index in [1.807, 2.05) is 18.2 Å². The van der Waals surface area contributed by atoms with Crippen molar-refractivity contribution in [3.63, 3.8) is 0 Å². The molecular formula is C24H19F2N5O. The summed E-state index contributed by atoms with van der Waals surface area (Å²) < 4.78 is 34.7. The number of halogens is 2. The molecule has 0 unspecified atom stereocenters. The van der Waals surface area contributed by atoms with E-state index in [4.69, 9.17) is 4.52 Å². The van der Waals surface area contributed by atoms with Gasteiger partial charge in [0, 0.05) is 11.6 Å². The van der Waals surface area contributed by atoms with E-state index in [2.05, 4.69) is 39.3 Å². The molecule has 32 heavy (non-hydrogen) atoms. The molecular weight excluding hydrogens is 412 g/mol. The first kappa shape index (κ1) is 20.0. The molecule has 0 radical (unpaired) electrons. The molecule has 2 aliphatic rings. The number of aromatic nitrogens is 5. The van der Waals surface area contributed by atoms with Gasteiger partial charge >= 0.3 is 0 Å². The van der Waals surface area contributed by atoms with Gasteiger partial charge in [0.25, 0.3) is 0 Å². The van der Waals surface area contributed by atoms with Crippen LogP contribution in [0.1, 0.15) is 24.7 Å². The fourth-order valence-corrected chi connectivity index (χ4v) is 3.56. The van der Waals surface area contributed by atoms with Gasteiger partial charge in [0.1, 0.15) is 23.6 Å². The Morgan fingerprint density at radius 1 is 0.969 bits per heavy atom. The van der Waals surface area contributed by atoms with Gasteiger partial charge in [-0.05, 0) is 24.1 Å². The van der Waals surface area contributed by atoms with Crippen molar-refractivity contribution >= 4 is 0 Å². The van der Waals surface area contributed by atoms with Crippen LogP contribution in [0.3, 0.4) is 0 Å². The van der Waals surface area contributed by atoms with Crippen molar-refractivity contribution in [1.29, 1.82) is 0 Å². The van der Waals surface area contributed by atoms with Crippen LogP contribution in [0.5, 0.6) is 0 Å². The molecule has 0 aliphatic carbocycles. The second-order valence-electron chi connectivity index (χ2n) is 7.52. The Kier molecular flexibility index (Phi) is 5.18. The van der Waals surface area contributed by atoms with Gasteiger partial charge in [0.05, 0.1) is 18.0 Å². The summed E-state index contributed by atoms with van der Waals surface area (Å²) >= 11 is 0. The fourth-order valence-electron chi connectivity index (χ4n) is 3.56. The lowest BCUT2D eigenvalue weighted by Crippen LogP contribution is -2.04. The van der Waals surface area contributed by atoms with Gasteiger partial charge in [-0.2, -0.15) is 5.10 Å². The summed E-state index contributed by atoms with van der Waals surface area (Å²) in [5, 5.41) is 8.48. The number of fused-ring (bicyclic) bond motifs is 1. The highest BCUT2D eigenvalue weighted by atomic mass is 19.2. The number of rotatable bonds is 6. The molecule has 2 aliphatic heterocycles. The van der Waals surface area contributed by atoms with Crippen LogP contribution < -0.4 is 0 Å². The van der Waals surface area contributed by atoms with Crippen LogP contribution in [0.2, 0.25) is 0 Å². The monoisotopic (exact) mass is 431 g/mol. The van der Waals surface area contributed by atoms with Crippen LogP contribution in [-0.2, 0) is 13.0 Å². The van der Waals surface area contributed by atoms with Gasteiger partial charge in [-0.15, -0.1) is 0 Å². The van der Waals surface area contributed by atoms with Gasteiger partial charge in [-0.25, -0.2) is 18.7 Å². The summed E-state index contributed by atoms with van der Waals surface area (Å²) in [5.74, 6) is -1.17. The summed E-state index contributed by atoms with van der Waals surface area (Å²) in [5.41, 5.74) is 4.05. The van der Waals surface area contributed by atoms with E-state index in [9.17, 15) is 8.78 Å². The Balaban J connectivity index is 1.37. The first-order valence-corrected chi connectivity index (χ1v) is 10.3. The maximum absolute atomic E-state index is 14.1. The molecule has 160 valence electrons. The maximum Gasteiger partial charge on any atom is 0.169 e. The summed E-state index contributed by atoms with van der Waals surface area (Å²) in [6.07, 6.45) is 5.37. The zero-order valence-corrected chi connectivity index (χ0v) is 17.3. The third kappa shape index (κ3) is 3.87. The van der Waals surface area contributed by atoms with Crippen molar-refractivity contribution in [3.8, 4) is 34.0 Å². The van der Waals surface area contributed by atoms with Gasteiger partial charge in [0.2, 0.25) is 0 Å². The molecule has 0 saturated heterocycles. The van der Waals surface area contributed by atoms with E-state index in [-0.39, 0.29) is 11.4 Å². The fraction of sp³-hybridized carbons (Fsp3) is 0.167. The number of imidazole rings is 1. The first-order valence-electron chi connectivity index (χ1n) is 10.3. The summed E-state index contributed by atoms with van der Waals surface area (Å²) in [6.45, 7) is 2.50. The smallest absolute Gasteiger partial charge is 0.169 e. The number of hydrogen-bond donors (Lipinski definition) is 0. The molecule has 2 aromatic carbocycles. The quantitative estimate of drug-likeness (QED) is 0.361. The molecule has 0 atom stereocenters. The lowest BCUT2D eigenvalue weighted by molar-refractivity contribution is 0.372. The second-order valence-corrected chi connectivity index (χ2v) is 7.52. The maximum atomic E-state index is 14.1. The van der Waals surface area contributed by atoms with Crippen molar-refractivity contribution in [2.24, 2.45) is 0 Å². The lowest BCUT2D eigenvalue weighted by Gasteiger charge is -2.03. The Morgan fingerprint density at radius 3 is 2.59 bits per heavy atom. The van der Waals surface area contributed by atoms with Crippen LogP contribution in [0.15, 0.2) is 65.4 Å². The SMILES string of the molecule is CCCc1ccc(-c2cc(Cn3cc4nc(-c5cccc(F)c5F)nc-4cn3)on2)cc1. The number of benzene rings is 2. The van der Waals surface area contributed by atoms with E-state index in [0.29, 0.717) is 23.7 Å². The molecule has 0 fully saturated rings. The average molecular weight is 431 g/mol. The summed E-state index contributed by atoms with van der Waals surface area (Å²) in [7, 11) is 0. The van der Waals surface area contributed by atoms with Crippen molar-refractivity contribution < 1.29 is 13.3 Å². The average Bonchev–Trinajstić information content (AvgIpc) is 3.43. The first-order chi connectivity index (χ1) is 15.6. The molecule has 0 N–H and O–H groups in total. The normalized spacial score (nSPS) is 11.3. The van der Waals surface area contributed by atoms with E-state index >= 15 is 0 Å². The molecule has 0 amide bonds. The van der Waals surface area contributed by atoms with Crippen LogP contribution >= 0.6 is 0 Å². The predicted octanol–water partition coefficient (Wildman–Crippen LogP) is 5.38. The molecule has 6 nitrogen and oxygen atoms in total. The van der Waals surface area contributed by atoms with E-state index in [0.717, 1.165) is 30.2 Å². The third-order valence-electron chi connectivity index (χ3n) is 5.17. The molecule has 3 heterocycles. The van der Waals surface area contributed by atoms with E-state index < -0.39 is 11.6 Å². The molecule has 3 aromatic rings. The second kappa shape index (κ2) is 8.30. The molecule has 0 spiro atoms. The van der Waals surface area contributed by atoms with Gasteiger partial charge < -0.3 is 4.52 Å². The zero-order chi connectivity index (χ0) is 22.1. The van der Waals surface area contributed by atoms with Crippen LogP contribution in [-0.4, -0.2) is 24.9 Å². The third-order valence-corrected chi connectivity index (χ3v) is 5.17. The van der Waals surface area contributed by atoms with Crippen LogP contribution in [0.25, 0.3) is 34.0 Å². The number of hydrogen-bond acceptors (Lipinski definition) is 5. The van der Waals surface area contributed by atoms with Gasteiger partial charge in [-0.1, -0.05) is 48.8 Å². The Labute approximate surface area is 182 Å². The zero-order valence-electron chi connectivity index (χ0n) is 17.3. The standard InChI is InChI=1S/C24H19F2N5O/c1-2-4-15-7-9-16(10-8-15)20-11-17(32-30-20)13-31-14-22-21(12-27-31)28-24(29-22)18-5-3-6-19(25)23(18)26/h3,5-12,14H,2,4,13H2,1H3. The number of aryl methyl sites for hydroxylation is 1. The minimum atomic E-state index is -0.972. The van der Waals surface area contributed by atoms with Crippen molar-refractivity contribution in [2.45, 2.75) is 26.3 Å². The number of nitrogens with zero attached hydrogens (tertiary/aromatic N) is 5. The van der Waals surface area contributed by atoms with Crippen molar-refractivity contribution in [3.05, 3.63) is 83.9 Å². The highest BCUT2D eigenvalue weighted by Crippen LogP contribution is 2.27. The minimum Gasteiger partial charge on any atom is -0.359 e. The predicted molar refractivity (Wildman–Crippen MR) is 115 cm³/mol. The van der Waals surface area contributed by atoms with Crippen LogP contribution in [0, 0.1) is 11.6 Å². The molecule has 5 rings (SSSR count). The Hall–Kier alpha value is -3.94. The van der Waals surface area contributed by atoms with Crippen molar-refractivity contribution in [1.82, 2.24) is 24.9 Å². The van der Waals surface area contributed by atoms with Crippen molar-refractivity contribution in [2.75, 3.05) is 0 Å². The Morgan fingerprint density at radius 2 is 1.78 bits per heavy atom. The largest absolute Gasteiger partial charge is 0.359 e. The molecule has 8 heteroatoms. The molecule has 1 aromatic heterocycles. The van der Waals surface area contributed by atoms with E-state index in [1.165, 1.54) is 23.9 Å². The van der Waals surface area contributed by atoms with Crippen LogP contribution in [0.4, 0.5) is 8.78 Å². The van der Waals surface area contributed by atoms with Gasteiger partial charge in [-0.3, -0.25) is 4.68 Å². The van der Waals surface area contributed by atoms with Gasteiger partial charge in [0.15, 0.2) is 23.2 Å². The Bertz CT molecular complexity index is 1340. The minimum absolute atomic E-state index is 0.0116. The highest BCUT2D eigenvalue weighted by molar-refractivity contribution is 5.65. The summed E-state index contributed by atoms with van der Waals surface area (Å²) in [4.78, 5) is 8.61. The van der Waals surface area contributed by atoms with E-state index in [1.54, 1.807) is 10.9 Å². The molecule has 0 saturated carbocycles. The highest BCUT2D eigenvalue weighted by Gasteiger charge is 2.18. The topological polar surface area (TPSA) is 69.6 Å². The molecule has 0 bridgehead atoms. The lowest BCUT2D eigenvalue weighted by atomic mass is 10.1.